The van der Waals surface area contributed by atoms with Crippen LogP contribution in [0.2, 0.25) is 0 Å². The summed E-state index contributed by atoms with van der Waals surface area (Å²) >= 11 is 0. The number of aryl methyl sites for hydroxylation is 2. The van der Waals surface area contributed by atoms with Crippen molar-refractivity contribution >= 4 is 0 Å². The second-order valence-electron chi connectivity index (χ2n) is 9.48. The van der Waals surface area contributed by atoms with Crippen molar-refractivity contribution in [2.45, 2.75) is 13.8 Å². The summed E-state index contributed by atoms with van der Waals surface area (Å²) in [6.07, 6.45) is 0. The van der Waals surface area contributed by atoms with E-state index in [1.54, 1.807) is 0 Å². The highest BCUT2D eigenvalue weighted by Crippen LogP contribution is 2.36. The van der Waals surface area contributed by atoms with Crippen molar-refractivity contribution in [1.82, 2.24) is 15.0 Å². The summed E-state index contributed by atoms with van der Waals surface area (Å²) in [6, 6.07) is 43.9. The standard InChI is InChI=1S/C35H27N3/c1-24-12-11-17-28(22-24)30-18-9-10-19-31(30)32-23-29(21-20-25(32)2)35-37-33(26-13-5-3-6-14-26)36-34(38-35)27-15-7-4-8-16-27/h3-23H,1-2H3. The molecule has 38 heavy (non-hydrogen) atoms. The zero-order valence-corrected chi connectivity index (χ0v) is 21.5. The lowest BCUT2D eigenvalue weighted by atomic mass is 9.90. The summed E-state index contributed by atoms with van der Waals surface area (Å²) in [4.78, 5) is 14.7. The summed E-state index contributed by atoms with van der Waals surface area (Å²) < 4.78 is 0. The highest BCUT2D eigenvalue weighted by atomic mass is 15.0. The Kier molecular flexibility index (Phi) is 6.33. The van der Waals surface area contributed by atoms with Crippen LogP contribution in [-0.2, 0) is 0 Å². The number of benzene rings is 5. The molecule has 0 amide bonds. The van der Waals surface area contributed by atoms with Crippen LogP contribution >= 0.6 is 0 Å². The van der Waals surface area contributed by atoms with E-state index in [-0.39, 0.29) is 0 Å². The molecule has 0 bridgehead atoms. The molecule has 0 atom stereocenters. The van der Waals surface area contributed by atoms with Crippen LogP contribution in [0, 0.1) is 13.8 Å². The van der Waals surface area contributed by atoms with E-state index in [0.29, 0.717) is 17.5 Å². The van der Waals surface area contributed by atoms with Crippen LogP contribution in [0.3, 0.4) is 0 Å². The third-order valence-electron chi connectivity index (χ3n) is 6.74. The fourth-order valence-corrected chi connectivity index (χ4v) is 4.77. The molecule has 3 heteroatoms. The molecule has 0 aliphatic heterocycles. The van der Waals surface area contributed by atoms with E-state index in [9.17, 15) is 0 Å². The molecule has 6 rings (SSSR count). The van der Waals surface area contributed by atoms with E-state index >= 15 is 0 Å². The summed E-state index contributed by atoms with van der Waals surface area (Å²) in [5, 5.41) is 0. The predicted octanol–water partition coefficient (Wildman–Crippen LogP) is 8.82. The van der Waals surface area contributed by atoms with E-state index in [2.05, 4.69) is 80.6 Å². The van der Waals surface area contributed by atoms with Gasteiger partial charge in [-0.3, -0.25) is 0 Å². The molecular weight excluding hydrogens is 462 g/mol. The van der Waals surface area contributed by atoms with Gasteiger partial charge in [-0.15, -0.1) is 0 Å². The minimum absolute atomic E-state index is 0.659. The molecule has 3 nitrogen and oxygen atoms in total. The highest BCUT2D eigenvalue weighted by Gasteiger charge is 2.15. The summed E-state index contributed by atoms with van der Waals surface area (Å²) in [5.74, 6) is 1.99. The molecule has 182 valence electrons. The van der Waals surface area contributed by atoms with Gasteiger partial charge in [0.05, 0.1) is 0 Å². The first-order valence-electron chi connectivity index (χ1n) is 12.8. The third kappa shape index (κ3) is 4.74. The fourth-order valence-electron chi connectivity index (χ4n) is 4.77. The van der Waals surface area contributed by atoms with Crippen LogP contribution in [0.1, 0.15) is 11.1 Å². The van der Waals surface area contributed by atoms with E-state index < -0.39 is 0 Å². The Morgan fingerprint density at radius 1 is 0.368 bits per heavy atom. The first-order chi connectivity index (χ1) is 18.7. The smallest absolute Gasteiger partial charge is 0.164 e. The van der Waals surface area contributed by atoms with Crippen molar-refractivity contribution in [2.75, 3.05) is 0 Å². The van der Waals surface area contributed by atoms with Crippen molar-refractivity contribution in [3.63, 3.8) is 0 Å². The van der Waals surface area contributed by atoms with Gasteiger partial charge < -0.3 is 0 Å². The average molecular weight is 490 g/mol. The molecule has 5 aromatic carbocycles. The minimum atomic E-state index is 0.659. The van der Waals surface area contributed by atoms with Crippen LogP contribution in [0.5, 0.6) is 0 Å². The van der Waals surface area contributed by atoms with E-state index in [4.69, 9.17) is 15.0 Å². The van der Waals surface area contributed by atoms with Gasteiger partial charge in [-0.1, -0.05) is 127 Å². The van der Waals surface area contributed by atoms with Crippen LogP contribution in [-0.4, -0.2) is 15.0 Å². The van der Waals surface area contributed by atoms with Crippen molar-refractivity contribution in [1.29, 1.82) is 0 Å². The predicted molar refractivity (Wildman–Crippen MR) is 156 cm³/mol. The molecule has 0 radical (unpaired) electrons. The Labute approximate surface area is 223 Å². The average Bonchev–Trinajstić information content (AvgIpc) is 2.98. The van der Waals surface area contributed by atoms with Gasteiger partial charge in [0.15, 0.2) is 17.5 Å². The van der Waals surface area contributed by atoms with Gasteiger partial charge in [-0.25, -0.2) is 15.0 Å². The molecule has 0 saturated carbocycles. The third-order valence-corrected chi connectivity index (χ3v) is 6.74. The summed E-state index contributed by atoms with van der Waals surface area (Å²) in [6.45, 7) is 4.29. The Hall–Kier alpha value is -4.89. The topological polar surface area (TPSA) is 38.7 Å². The number of aromatic nitrogens is 3. The molecule has 0 unspecified atom stereocenters. The quantitative estimate of drug-likeness (QED) is 0.243. The highest BCUT2D eigenvalue weighted by molar-refractivity contribution is 5.86. The van der Waals surface area contributed by atoms with Gasteiger partial charge >= 0.3 is 0 Å². The molecule has 0 aliphatic rings. The van der Waals surface area contributed by atoms with Crippen molar-refractivity contribution < 1.29 is 0 Å². The van der Waals surface area contributed by atoms with Crippen LogP contribution < -0.4 is 0 Å². The SMILES string of the molecule is Cc1cccc(-c2ccccc2-c2cc(-c3nc(-c4ccccc4)nc(-c4ccccc4)n3)ccc2C)c1. The monoisotopic (exact) mass is 489 g/mol. The Bertz CT molecular complexity index is 1670. The second kappa shape index (κ2) is 10.2. The lowest BCUT2D eigenvalue weighted by Gasteiger charge is -2.15. The molecule has 0 fully saturated rings. The van der Waals surface area contributed by atoms with Gasteiger partial charge in [-0.05, 0) is 47.7 Å². The van der Waals surface area contributed by atoms with E-state index in [1.807, 2.05) is 60.7 Å². The summed E-state index contributed by atoms with van der Waals surface area (Å²) in [7, 11) is 0. The van der Waals surface area contributed by atoms with E-state index in [1.165, 1.54) is 33.4 Å². The molecule has 1 heterocycles. The fraction of sp³-hybridized carbons (Fsp3) is 0.0571. The van der Waals surface area contributed by atoms with Gasteiger partial charge in [0, 0.05) is 16.7 Å². The van der Waals surface area contributed by atoms with E-state index in [0.717, 1.165) is 16.7 Å². The van der Waals surface area contributed by atoms with Gasteiger partial charge in [0.25, 0.3) is 0 Å². The maximum Gasteiger partial charge on any atom is 0.164 e. The van der Waals surface area contributed by atoms with Crippen molar-refractivity contribution in [2.24, 2.45) is 0 Å². The number of hydrogen-bond acceptors (Lipinski definition) is 3. The Morgan fingerprint density at radius 2 is 0.895 bits per heavy atom. The zero-order valence-electron chi connectivity index (χ0n) is 21.5. The van der Waals surface area contributed by atoms with Crippen LogP contribution in [0.4, 0.5) is 0 Å². The Balaban J connectivity index is 1.52. The number of nitrogens with zero attached hydrogens (tertiary/aromatic N) is 3. The summed E-state index contributed by atoms with van der Waals surface area (Å²) in [5.41, 5.74) is 10.1. The molecule has 6 aromatic rings. The minimum Gasteiger partial charge on any atom is -0.208 e. The van der Waals surface area contributed by atoms with Crippen molar-refractivity contribution in [3.8, 4) is 56.4 Å². The molecule has 0 spiro atoms. The number of hydrogen-bond donors (Lipinski definition) is 0. The molecule has 1 aromatic heterocycles. The molecule has 0 N–H and O–H groups in total. The van der Waals surface area contributed by atoms with Crippen molar-refractivity contribution in [3.05, 3.63) is 139 Å². The first-order valence-corrected chi connectivity index (χ1v) is 12.8. The first kappa shape index (κ1) is 23.5. The number of rotatable bonds is 5. The van der Waals surface area contributed by atoms with Gasteiger partial charge in [0.2, 0.25) is 0 Å². The lowest BCUT2D eigenvalue weighted by molar-refractivity contribution is 1.07. The maximum atomic E-state index is 4.93. The van der Waals surface area contributed by atoms with Gasteiger partial charge in [0.1, 0.15) is 0 Å². The lowest BCUT2D eigenvalue weighted by Crippen LogP contribution is -2.00. The van der Waals surface area contributed by atoms with Gasteiger partial charge in [-0.2, -0.15) is 0 Å². The largest absolute Gasteiger partial charge is 0.208 e. The maximum absolute atomic E-state index is 4.93. The van der Waals surface area contributed by atoms with Crippen LogP contribution in [0.15, 0.2) is 127 Å². The molecule has 0 aliphatic carbocycles. The molecular formula is C35H27N3. The normalized spacial score (nSPS) is 10.9. The Morgan fingerprint density at radius 3 is 1.50 bits per heavy atom. The zero-order chi connectivity index (χ0) is 25.9. The molecule has 0 saturated heterocycles. The van der Waals surface area contributed by atoms with Crippen LogP contribution in [0.25, 0.3) is 56.4 Å². The second-order valence-corrected chi connectivity index (χ2v) is 9.48.